The summed E-state index contributed by atoms with van der Waals surface area (Å²) in [6.07, 6.45) is 0.455. The second kappa shape index (κ2) is 9.25. The predicted octanol–water partition coefficient (Wildman–Crippen LogP) is 4.88. The van der Waals surface area contributed by atoms with Gasteiger partial charge in [-0.25, -0.2) is 18.4 Å². The van der Waals surface area contributed by atoms with Gasteiger partial charge in [-0.3, -0.25) is 4.79 Å². The maximum atomic E-state index is 14.1. The zero-order valence-corrected chi connectivity index (χ0v) is 23.0. The summed E-state index contributed by atoms with van der Waals surface area (Å²) in [4.78, 5) is 22.8. The molecular formula is C27H26F3N5O3S2. The van der Waals surface area contributed by atoms with Gasteiger partial charge < -0.3 is 15.5 Å². The number of benzene rings is 1. The van der Waals surface area contributed by atoms with Crippen molar-refractivity contribution >= 4 is 38.7 Å². The molecule has 2 aliphatic heterocycles. The predicted molar refractivity (Wildman–Crippen MR) is 144 cm³/mol. The number of anilines is 2. The minimum atomic E-state index is -4.78. The number of sulfone groups is 1. The van der Waals surface area contributed by atoms with E-state index in [0.29, 0.717) is 5.92 Å². The second-order valence-electron chi connectivity index (χ2n) is 10.8. The van der Waals surface area contributed by atoms with Crippen LogP contribution in [0.15, 0.2) is 29.3 Å². The summed E-state index contributed by atoms with van der Waals surface area (Å²) in [6, 6.07) is 5.35. The lowest BCUT2D eigenvalue weighted by Crippen LogP contribution is -2.34. The van der Waals surface area contributed by atoms with E-state index < -0.39 is 33.2 Å². The molecule has 4 heterocycles. The van der Waals surface area contributed by atoms with Gasteiger partial charge in [0.25, 0.3) is 5.91 Å². The van der Waals surface area contributed by atoms with Crippen LogP contribution in [0.3, 0.4) is 0 Å². The maximum Gasteiger partial charge on any atom is 0.420 e. The van der Waals surface area contributed by atoms with E-state index in [4.69, 9.17) is 0 Å². The number of fused-ring (bicyclic) bond motifs is 2. The molecule has 0 atom stereocenters. The van der Waals surface area contributed by atoms with Crippen LogP contribution in [0.25, 0.3) is 10.6 Å². The lowest BCUT2D eigenvalue weighted by Gasteiger charge is -2.21. The highest BCUT2D eigenvalue weighted by molar-refractivity contribution is 7.91. The molecule has 2 saturated carbocycles. The fourth-order valence-corrected chi connectivity index (χ4v) is 8.43. The molecule has 0 radical (unpaired) electrons. The van der Waals surface area contributed by atoms with Gasteiger partial charge in [0.15, 0.2) is 9.84 Å². The molecule has 0 unspecified atom stereocenters. The van der Waals surface area contributed by atoms with Gasteiger partial charge >= 0.3 is 6.18 Å². The first-order chi connectivity index (χ1) is 19.1. The summed E-state index contributed by atoms with van der Waals surface area (Å²) >= 11 is 0.748. The molecule has 3 aromatic rings. The van der Waals surface area contributed by atoms with Crippen molar-refractivity contribution in [1.82, 2.24) is 20.2 Å². The van der Waals surface area contributed by atoms with Crippen LogP contribution in [0.5, 0.6) is 0 Å². The smallest absolute Gasteiger partial charge is 0.334 e. The third-order valence-electron chi connectivity index (χ3n) is 7.93. The Morgan fingerprint density at radius 2 is 1.90 bits per heavy atom. The summed E-state index contributed by atoms with van der Waals surface area (Å²) in [5.41, 5.74) is 2.72. The lowest BCUT2D eigenvalue weighted by atomic mass is 9.95. The van der Waals surface area contributed by atoms with Crippen LogP contribution in [0.2, 0.25) is 0 Å². The number of rotatable bonds is 5. The van der Waals surface area contributed by atoms with Crippen LogP contribution in [-0.4, -0.2) is 54.1 Å². The minimum Gasteiger partial charge on any atom is -0.334 e. The van der Waals surface area contributed by atoms with E-state index >= 15 is 0 Å². The SMILES string of the molecule is O=C1c2sc(-c3nc(Nc4cc5c(cc4C4CC4)CNCC5)ncc3C(F)(F)F)cc2S(=O)(=O)CCN1C1CC1. The molecule has 40 heavy (non-hydrogen) atoms. The summed E-state index contributed by atoms with van der Waals surface area (Å²) in [6.45, 7) is 1.70. The van der Waals surface area contributed by atoms with Crippen LogP contribution >= 0.6 is 11.3 Å². The number of amides is 1. The molecule has 0 spiro atoms. The quantitative estimate of drug-likeness (QED) is 0.437. The third-order valence-corrected chi connectivity index (χ3v) is 10.9. The van der Waals surface area contributed by atoms with Gasteiger partial charge in [-0.2, -0.15) is 13.2 Å². The standard InChI is InChI=1S/C27H26F3N5O3S2/c28-27(29,30)19-13-32-26(33-20-10-15-5-6-31-12-16(15)9-18(20)14-1-2-14)34-23(19)21-11-22-24(39-21)25(36)35(17-3-4-17)7-8-40(22,37)38/h9-11,13-14,17,31H,1-8,12H2,(H,32,33,34). The number of carbonyl (C=O) groups is 1. The fourth-order valence-electron chi connectivity index (χ4n) is 5.52. The number of alkyl halides is 3. The number of thiophene rings is 1. The number of carbonyl (C=O) groups excluding carboxylic acids is 1. The summed E-state index contributed by atoms with van der Waals surface area (Å²) in [5, 5.41) is 6.53. The van der Waals surface area contributed by atoms with Crippen LogP contribution in [0.1, 0.15) is 63.5 Å². The van der Waals surface area contributed by atoms with E-state index in [1.807, 2.05) is 6.07 Å². The molecule has 0 bridgehead atoms. The number of aromatic nitrogens is 2. The van der Waals surface area contributed by atoms with Gasteiger partial charge in [-0.15, -0.1) is 11.3 Å². The Bertz CT molecular complexity index is 1650. The number of halogens is 3. The zero-order chi connectivity index (χ0) is 27.8. The van der Waals surface area contributed by atoms with Crippen molar-refractivity contribution < 1.29 is 26.4 Å². The Morgan fingerprint density at radius 3 is 2.62 bits per heavy atom. The largest absolute Gasteiger partial charge is 0.420 e. The highest BCUT2D eigenvalue weighted by Gasteiger charge is 2.42. The molecule has 8 nitrogen and oxygen atoms in total. The first-order valence-electron chi connectivity index (χ1n) is 13.3. The number of nitrogens with zero attached hydrogens (tertiary/aromatic N) is 3. The van der Waals surface area contributed by atoms with Crippen molar-refractivity contribution in [3.8, 4) is 10.6 Å². The van der Waals surface area contributed by atoms with E-state index in [1.54, 1.807) is 0 Å². The van der Waals surface area contributed by atoms with Crippen molar-refractivity contribution in [2.24, 2.45) is 0 Å². The average molecular weight is 590 g/mol. The van der Waals surface area contributed by atoms with Crippen LogP contribution in [0.4, 0.5) is 24.8 Å². The van der Waals surface area contributed by atoms with Crippen molar-refractivity contribution in [3.05, 3.63) is 51.5 Å². The molecule has 210 valence electrons. The second-order valence-corrected chi connectivity index (χ2v) is 14.0. The number of hydrogen-bond donors (Lipinski definition) is 2. The normalized spacial score (nSPS) is 20.6. The summed E-state index contributed by atoms with van der Waals surface area (Å²) < 4.78 is 68.4. The Morgan fingerprint density at radius 1 is 1.10 bits per heavy atom. The average Bonchev–Trinajstić information content (AvgIpc) is 3.85. The lowest BCUT2D eigenvalue weighted by molar-refractivity contribution is -0.137. The van der Waals surface area contributed by atoms with Crippen LogP contribution < -0.4 is 10.6 Å². The van der Waals surface area contributed by atoms with Gasteiger partial charge in [0.2, 0.25) is 5.95 Å². The Balaban J connectivity index is 1.31. The van der Waals surface area contributed by atoms with Crippen molar-refractivity contribution in [2.75, 3.05) is 24.2 Å². The fraction of sp³-hybridized carbons (Fsp3) is 0.444. The highest BCUT2D eigenvalue weighted by atomic mass is 32.2. The Kier molecular flexibility index (Phi) is 5.99. The van der Waals surface area contributed by atoms with Crippen molar-refractivity contribution in [2.45, 2.75) is 61.7 Å². The van der Waals surface area contributed by atoms with Gasteiger partial charge in [-0.05, 0) is 73.4 Å². The molecular weight excluding hydrogens is 563 g/mol. The molecule has 2 aliphatic carbocycles. The van der Waals surface area contributed by atoms with Crippen LogP contribution in [0, 0.1) is 0 Å². The molecule has 2 fully saturated rings. The topological polar surface area (TPSA) is 104 Å². The van der Waals surface area contributed by atoms with E-state index in [-0.39, 0.29) is 38.9 Å². The van der Waals surface area contributed by atoms with Gasteiger partial charge in [0, 0.05) is 31.0 Å². The highest BCUT2D eigenvalue weighted by Crippen LogP contribution is 2.46. The molecule has 1 amide bonds. The summed E-state index contributed by atoms with van der Waals surface area (Å²) in [7, 11) is -3.86. The molecule has 1 aromatic carbocycles. The zero-order valence-electron chi connectivity index (χ0n) is 21.3. The van der Waals surface area contributed by atoms with Crippen molar-refractivity contribution in [3.63, 3.8) is 0 Å². The van der Waals surface area contributed by atoms with Gasteiger partial charge in [-0.1, -0.05) is 6.07 Å². The maximum absolute atomic E-state index is 14.1. The van der Waals surface area contributed by atoms with E-state index in [1.165, 1.54) is 22.1 Å². The molecule has 7 rings (SSSR count). The molecule has 4 aliphatic rings. The summed E-state index contributed by atoms with van der Waals surface area (Å²) in [5.74, 6) is -0.356. The Hall–Kier alpha value is -3.03. The van der Waals surface area contributed by atoms with Crippen LogP contribution in [-0.2, 0) is 29.0 Å². The first-order valence-corrected chi connectivity index (χ1v) is 15.8. The molecule has 2 aromatic heterocycles. The van der Waals surface area contributed by atoms with Gasteiger partial charge in [0.1, 0.15) is 10.4 Å². The van der Waals surface area contributed by atoms with Crippen molar-refractivity contribution in [1.29, 1.82) is 0 Å². The Labute approximate surface area is 232 Å². The minimum absolute atomic E-state index is 0.0174. The van der Waals surface area contributed by atoms with E-state index in [9.17, 15) is 26.4 Å². The first kappa shape index (κ1) is 25.9. The third kappa shape index (κ3) is 4.67. The number of hydrogen-bond acceptors (Lipinski definition) is 8. The molecule has 13 heteroatoms. The molecule has 0 saturated heterocycles. The van der Waals surface area contributed by atoms with Gasteiger partial charge in [0.05, 0.1) is 21.2 Å². The molecule has 2 N–H and O–H groups in total. The van der Waals surface area contributed by atoms with E-state index in [0.717, 1.165) is 74.0 Å². The monoisotopic (exact) mass is 589 g/mol. The number of nitrogens with one attached hydrogen (secondary N) is 2. The van der Waals surface area contributed by atoms with E-state index in [2.05, 4.69) is 26.7 Å².